The van der Waals surface area contributed by atoms with Crippen LogP contribution in [0.25, 0.3) is 22.3 Å². The highest BCUT2D eigenvalue weighted by Crippen LogP contribution is 2.42. The second-order valence-electron chi connectivity index (χ2n) is 10.1. The summed E-state index contributed by atoms with van der Waals surface area (Å²) < 4.78 is 28.0. The van der Waals surface area contributed by atoms with E-state index in [-0.39, 0.29) is 16.9 Å². The third-order valence-electron chi connectivity index (χ3n) is 7.24. The molecule has 5 rings (SSSR count). The average molecular weight is 595 g/mol. The van der Waals surface area contributed by atoms with E-state index in [1.54, 1.807) is 0 Å². The Labute approximate surface area is 236 Å². The first-order chi connectivity index (χ1) is 19.9. The molecule has 2 aliphatic heterocycles. The molecule has 15 nitrogen and oxygen atoms in total. The van der Waals surface area contributed by atoms with Crippen molar-refractivity contribution in [3.8, 4) is 34.3 Å². The van der Waals surface area contributed by atoms with Gasteiger partial charge in [0.1, 0.15) is 59.3 Å². The monoisotopic (exact) mass is 594 g/mol. The first-order valence-electron chi connectivity index (χ1n) is 12.9. The van der Waals surface area contributed by atoms with Crippen LogP contribution in [0, 0.1) is 0 Å². The Hall–Kier alpha value is -3.51. The fourth-order valence-electron chi connectivity index (χ4n) is 4.84. The van der Waals surface area contributed by atoms with E-state index in [9.17, 15) is 50.8 Å². The van der Waals surface area contributed by atoms with Crippen molar-refractivity contribution in [2.75, 3.05) is 6.61 Å². The smallest absolute Gasteiger partial charge is 0.229 e. The molecule has 2 fully saturated rings. The third kappa shape index (κ3) is 5.37. The maximum Gasteiger partial charge on any atom is 0.229 e. The normalized spacial score (nSPS) is 33.5. The van der Waals surface area contributed by atoms with Gasteiger partial charge in [0.25, 0.3) is 0 Å². The molecule has 0 spiro atoms. The zero-order valence-electron chi connectivity index (χ0n) is 21.9. The minimum Gasteiger partial charge on any atom is -0.508 e. The van der Waals surface area contributed by atoms with Gasteiger partial charge < -0.3 is 69.3 Å². The maximum absolute atomic E-state index is 12.8. The highest BCUT2D eigenvalue weighted by atomic mass is 16.8. The van der Waals surface area contributed by atoms with Crippen LogP contribution in [-0.2, 0) is 14.2 Å². The molecule has 9 N–H and O–H groups in total. The number of aliphatic hydroxyl groups is 6. The lowest BCUT2D eigenvalue weighted by Gasteiger charge is -2.45. The number of hydrogen-bond donors (Lipinski definition) is 9. The second kappa shape index (κ2) is 11.6. The highest BCUT2D eigenvalue weighted by molar-refractivity contribution is 5.91. The van der Waals surface area contributed by atoms with Crippen LogP contribution in [-0.4, -0.2) is 114 Å². The molecule has 3 heterocycles. The van der Waals surface area contributed by atoms with Gasteiger partial charge in [-0.2, -0.15) is 0 Å². The molecule has 3 aromatic rings. The van der Waals surface area contributed by atoms with E-state index in [4.69, 9.17) is 23.4 Å². The molecule has 228 valence electrons. The number of ether oxygens (including phenoxy) is 4. The fourth-order valence-corrected chi connectivity index (χ4v) is 4.84. The van der Waals surface area contributed by atoms with Crippen molar-refractivity contribution in [2.45, 2.75) is 68.3 Å². The minimum atomic E-state index is -1.84. The molecule has 2 aliphatic rings. The Bertz CT molecular complexity index is 1470. The van der Waals surface area contributed by atoms with Crippen molar-refractivity contribution in [1.82, 2.24) is 0 Å². The topological polar surface area (TPSA) is 249 Å². The van der Waals surface area contributed by atoms with E-state index >= 15 is 0 Å². The Balaban J connectivity index is 1.51. The van der Waals surface area contributed by atoms with Crippen molar-refractivity contribution in [3.63, 3.8) is 0 Å². The molecule has 2 saturated heterocycles. The zero-order valence-corrected chi connectivity index (χ0v) is 21.9. The van der Waals surface area contributed by atoms with Crippen LogP contribution >= 0.6 is 0 Å². The summed E-state index contributed by atoms with van der Waals surface area (Å²) >= 11 is 0. The second-order valence-corrected chi connectivity index (χ2v) is 10.1. The predicted molar refractivity (Wildman–Crippen MR) is 139 cm³/mol. The molecular formula is C27H30O15. The largest absolute Gasteiger partial charge is 0.508 e. The summed E-state index contributed by atoms with van der Waals surface area (Å²) in [5.74, 6) is -2.02. The molecule has 15 heteroatoms. The van der Waals surface area contributed by atoms with Crippen molar-refractivity contribution in [3.05, 3.63) is 46.6 Å². The molecule has 2 aromatic carbocycles. The number of benzene rings is 2. The number of phenols is 3. The Kier molecular flexibility index (Phi) is 8.30. The fraction of sp³-hybridized carbons (Fsp3) is 0.444. The van der Waals surface area contributed by atoms with Crippen LogP contribution in [0.5, 0.6) is 23.0 Å². The van der Waals surface area contributed by atoms with Gasteiger partial charge in [0.05, 0.1) is 12.7 Å². The minimum absolute atomic E-state index is 0.0216. The lowest BCUT2D eigenvalue weighted by atomic mass is 9.97. The summed E-state index contributed by atoms with van der Waals surface area (Å²) in [7, 11) is 0. The van der Waals surface area contributed by atoms with Crippen LogP contribution in [0.15, 0.2) is 45.6 Å². The summed E-state index contributed by atoms with van der Waals surface area (Å²) in [6.45, 7) is 0.611. The van der Waals surface area contributed by atoms with Crippen molar-refractivity contribution in [2.24, 2.45) is 0 Å². The average Bonchev–Trinajstić information content (AvgIpc) is 2.96. The van der Waals surface area contributed by atoms with Gasteiger partial charge in [-0.3, -0.25) is 4.79 Å². The predicted octanol–water partition coefficient (Wildman–Crippen LogP) is -1.39. The number of aliphatic hydroxyl groups excluding tert-OH is 6. The first kappa shape index (κ1) is 30.0. The lowest BCUT2D eigenvalue weighted by molar-refractivity contribution is -0.354. The van der Waals surface area contributed by atoms with Crippen molar-refractivity contribution in [1.29, 1.82) is 0 Å². The SMILES string of the molecule is CC1O[C@@H](OC2[C@H](Oc3cc(O)c4c(=O)cc(-c5ccc(O)cc5)oc4c3O)OC(CO)[C@@H](O)[C@@H]2O)C(O)[C@@H](O)[C@H]1O. The Morgan fingerprint density at radius 3 is 2.19 bits per heavy atom. The van der Waals surface area contributed by atoms with E-state index < -0.39 is 96.3 Å². The Morgan fingerprint density at radius 2 is 1.52 bits per heavy atom. The van der Waals surface area contributed by atoms with Crippen LogP contribution in [0.3, 0.4) is 0 Å². The van der Waals surface area contributed by atoms with E-state index in [0.29, 0.717) is 5.56 Å². The van der Waals surface area contributed by atoms with Crippen LogP contribution in [0.1, 0.15) is 6.92 Å². The van der Waals surface area contributed by atoms with Gasteiger partial charge in [0, 0.05) is 17.7 Å². The molecule has 0 bridgehead atoms. The van der Waals surface area contributed by atoms with Gasteiger partial charge in [0.2, 0.25) is 12.0 Å². The van der Waals surface area contributed by atoms with E-state index in [0.717, 1.165) is 12.1 Å². The van der Waals surface area contributed by atoms with Crippen molar-refractivity contribution >= 4 is 11.0 Å². The van der Waals surface area contributed by atoms with Gasteiger partial charge in [-0.1, -0.05) is 0 Å². The summed E-state index contributed by atoms with van der Waals surface area (Å²) in [6, 6.07) is 7.55. The summed E-state index contributed by atoms with van der Waals surface area (Å²) in [5, 5.41) is 92.3. The van der Waals surface area contributed by atoms with Gasteiger partial charge in [0.15, 0.2) is 29.2 Å². The molecule has 42 heavy (non-hydrogen) atoms. The van der Waals surface area contributed by atoms with Crippen LogP contribution < -0.4 is 10.2 Å². The number of fused-ring (bicyclic) bond motifs is 1. The number of rotatable bonds is 6. The van der Waals surface area contributed by atoms with Crippen LogP contribution in [0.2, 0.25) is 0 Å². The number of hydrogen-bond acceptors (Lipinski definition) is 15. The first-order valence-corrected chi connectivity index (χ1v) is 12.9. The van der Waals surface area contributed by atoms with E-state index in [1.807, 2.05) is 0 Å². The molecule has 1 aromatic heterocycles. The highest BCUT2D eigenvalue weighted by Gasteiger charge is 2.51. The van der Waals surface area contributed by atoms with Gasteiger partial charge in [-0.25, -0.2) is 0 Å². The van der Waals surface area contributed by atoms with E-state index in [1.165, 1.54) is 31.2 Å². The number of phenolic OH excluding ortho intramolecular Hbond substituents is 3. The van der Waals surface area contributed by atoms with Gasteiger partial charge >= 0.3 is 0 Å². The molecular weight excluding hydrogens is 564 g/mol. The molecule has 4 unspecified atom stereocenters. The molecule has 0 amide bonds. The van der Waals surface area contributed by atoms with Gasteiger partial charge in [-0.15, -0.1) is 0 Å². The standard InChI is InChI=1S/C27H30O15/c1-9-18(32)21(35)23(37)26(38-9)42-25-22(36)19(33)16(8-28)41-27(25)40-15-7-13(31)17-12(30)6-14(39-24(17)20(15)34)10-2-4-11(29)5-3-10/h2-7,9,16,18-19,21-23,25-29,31-37H,8H2,1H3/t9?,16?,18-,19+,21-,22-,23?,25?,26-,27+/m0/s1. The number of aromatic hydroxyl groups is 3. The molecule has 0 saturated carbocycles. The van der Waals surface area contributed by atoms with Crippen molar-refractivity contribution < 1.29 is 69.3 Å². The lowest BCUT2D eigenvalue weighted by Crippen LogP contribution is -2.64. The summed E-state index contributed by atoms with van der Waals surface area (Å²) in [5.41, 5.74) is -0.840. The molecule has 10 atom stereocenters. The quantitative estimate of drug-likeness (QED) is 0.149. The molecule has 0 radical (unpaired) electrons. The zero-order chi connectivity index (χ0) is 30.5. The summed E-state index contributed by atoms with van der Waals surface area (Å²) in [6.07, 6.45) is -16.1. The van der Waals surface area contributed by atoms with Crippen LogP contribution in [0.4, 0.5) is 0 Å². The maximum atomic E-state index is 12.8. The molecule has 0 aliphatic carbocycles. The summed E-state index contributed by atoms with van der Waals surface area (Å²) in [4.78, 5) is 12.8. The third-order valence-corrected chi connectivity index (χ3v) is 7.24. The Morgan fingerprint density at radius 1 is 0.833 bits per heavy atom. The van der Waals surface area contributed by atoms with Gasteiger partial charge in [-0.05, 0) is 31.2 Å². The van der Waals surface area contributed by atoms with E-state index in [2.05, 4.69) is 0 Å².